The Hall–Kier alpha value is -2.57. The third kappa shape index (κ3) is 5.75. The largest absolute Gasteiger partial charge is 0.497 e. The third-order valence-corrected chi connectivity index (χ3v) is 4.20. The third-order valence-electron chi connectivity index (χ3n) is 3.36. The maximum atomic E-state index is 12.0. The summed E-state index contributed by atoms with van der Waals surface area (Å²) in [5.41, 5.74) is 3.44. The van der Waals surface area contributed by atoms with Gasteiger partial charge in [-0.2, -0.15) is 5.10 Å². The predicted octanol–water partition coefficient (Wildman–Crippen LogP) is 3.27. The Labute approximate surface area is 161 Å². The number of carbonyl (C=O) groups excluding carboxylic acids is 2. The molecule has 2 amide bonds. The van der Waals surface area contributed by atoms with Gasteiger partial charge >= 0.3 is 0 Å². The number of rotatable bonds is 7. The van der Waals surface area contributed by atoms with Gasteiger partial charge in [0.15, 0.2) is 0 Å². The van der Waals surface area contributed by atoms with E-state index in [-0.39, 0.29) is 24.8 Å². The minimum absolute atomic E-state index is 0.0858. The molecule has 0 aliphatic carbocycles. The molecule has 0 aromatic heterocycles. The van der Waals surface area contributed by atoms with E-state index in [4.69, 9.17) is 27.9 Å². The zero-order valence-electron chi connectivity index (χ0n) is 14.0. The second-order valence-electron chi connectivity index (χ2n) is 5.17. The van der Waals surface area contributed by atoms with Crippen LogP contribution in [0.3, 0.4) is 0 Å². The van der Waals surface area contributed by atoms with Gasteiger partial charge < -0.3 is 10.1 Å². The number of hydrazone groups is 1. The van der Waals surface area contributed by atoms with Crippen molar-refractivity contribution in [2.45, 2.75) is 6.42 Å². The molecule has 2 N–H and O–H groups in total. The van der Waals surface area contributed by atoms with E-state index in [2.05, 4.69) is 15.8 Å². The lowest BCUT2D eigenvalue weighted by Crippen LogP contribution is -2.29. The van der Waals surface area contributed by atoms with Crippen molar-refractivity contribution in [3.63, 3.8) is 0 Å². The molecule has 136 valence electrons. The Balaban J connectivity index is 1.75. The van der Waals surface area contributed by atoms with Gasteiger partial charge in [-0.1, -0.05) is 35.3 Å². The highest BCUT2D eigenvalue weighted by molar-refractivity contribution is 6.43. The van der Waals surface area contributed by atoms with Crippen LogP contribution < -0.4 is 15.5 Å². The maximum absolute atomic E-state index is 12.0. The number of methoxy groups -OCH3 is 1. The Morgan fingerprint density at radius 1 is 1.15 bits per heavy atom. The standard InChI is InChI=1S/C18H17Cl2N3O3/c1-26-14-7-5-12(6-8-14)18(25)21-10-9-16(24)23-22-11-13-3-2-4-15(19)17(13)20/h2-8,11H,9-10H2,1H3,(H,21,25)(H,23,24). The molecule has 0 atom stereocenters. The number of carbonyl (C=O) groups is 2. The van der Waals surface area contributed by atoms with Crippen molar-refractivity contribution in [1.82, 2.24) is 10.7 Å². The number of amides is 2. The van der Waals surface area contributed by atoms with Gasteiger partial charge in [-0.05, 0) is 30.3 Å². The molecule has 0 spiro atoms. The number of ether oxygens (including phenoxy) is 1. The second kappa shape index (κ2) is 9.79. The molecule has 0 unspecified atom stereocenters. The molecule has 6 nitrogen and oxygen atoms in total. The molecule has 0 saturated heterocycles. The zero-order chi connectivity index (χ0) is 18.9. The fourth-order valence-electron chi connectivity index (χ4n) is 1.98. The summed E-state index contributed by atoms with van der Waals surface area (Å²) in [6.45, 7) is 0.185. The molecule has 2 aromatic carbocycles. The van der Waals surface area contributed by atoms with E-state index in [9.17, 15) is 9.59 Å². The van der Waals surface area contributed by atoms with E-state index in [0.717, 1.165) is 0 Å². The average molecular weight is 394 g/mol. The summed E-state index contributed by atoms with van der Waals surface area (Å²) in [5.74, 6) is 0.0580. The maximum Gasteiger partial charge on any atom is 0.251 e. The Morgan fingerprint density at radius 2 is 1.88 bits per heavy atom. The van der Waals surface area contributed by atoms with Crippen LogP contribution >= 0.6 is 23.2 Å². The Bertz CT molecular complexity index is 808. The van der Waals surface area contributed by atoms with Crippen LogP contribution in [-0.2, 0) is 4.79 Å². The van der Waals surface area contributed by atoms with Crippen LogP contribution in [0.4, 0.5) is 0 Å². The summed E-state index contributed by atoms with van der Waals surface area (Å²) in [6, 6.07) is 11.8. The minimum Gasteiger partial charge on any atom is -0.497 e. The summed E-state index contributed by atoms with van der Waals surface area (Å²) in [4.78, 5) is 23.7. The lowest BCUT2D eigenvalue weighted by Gasteiger charge is -2.05. The summed E-state index contributed by atoms with van der Waals surface area (Å²) < 4.78 is 5.03. The number of nitrogens with one attached hydrogen (secondary N) is 2. The van der Waals surface area contributed by atoms with Gasteiger partial charge in [-0.3, -0.25) is 9.59 Å². The second-order valence-corrected chi connectivity index (χ2v) is 5.96. The van der Waals surface area contributed by atoms with Crippen molar-refractivity contribution in [2.75, 3.05) is 13.7 Å². The molecule has 0 radical (unpaired) electrons. The van der Waals surface area contributed by atoms with Gasteiger partial charge in [0.25, 0.3) is 5.91 Å². The van der Waals surface area contributed by atoms with Gasteiger partial charge in [-0.15, -0.1) is 0 Å². The highest BCUT2D eigenvalue weighted by Gasteiger charge is 2.07. The van der Waals surface area contributed by atoms with E-state index in [1.807, 2.05) is 0 Å². The van der Waals surface area contributed by atoms with Crippen LogP contribution in [0.25, 0.3) is 0 Å². The molecular weight excluding hydrogens is 377 g/mol. The zero-order valence-corrected chi connectivity index (χ0v) is 15.5. The minimum atomic E-state index is -0.338. The molecule has 0 saturated carbocycles. The molecule has 0 aliphatic heterocycles. The fourth-order valence-corrected chi connectivity index (χ4v) is 2.34. The normalized spacial score (nSPS) is 10.6. The smallest absolute Gasteiger partial charge is 0.251 e. The van der Waals surface area contributed by atoms with E-state index in [1.54, 1.807) is 49.6 Å². The van der Waals surface area contributed by atoms with Crippen LogP contribution in [0.1, 0.15) is 22.3 Å². The first kappa shape index (κ1) is 19.8. The number of nitrogens with zero attached hydrogens (tertiary/aromatic N) is 1. The summed E-state index contributed by atoms with van der Waals surface area (Å²) in [6.07, 6.45) is 1.49. The van der Waals surface area contributed by atoms with Gasteiger partial charge in [0, 0.05) is 24.1 Å². The van der Waals surface area contributed by atoms with Gasteiger partial charge in [-0.25, -0.2) is 5.43 Å². The number of benzene rings is 2. The fraction of sp³-hybridized carbons (Fsp3) is 0.167. The summed E-state index contributed by atoms with van der Waals surface area (Å²) in [5, 5.41) is 7.25. The summed E-state index contributed by atoms with van der Waals surface area (Å²) in [7, 11) is 1.55. The van der Waals surface area contributed by atoms with Crippen molar-refractivity contribution < 1.29 is 14.3 Å². The highest BCUT2D eigenvalue weighted by atomic mass is 35.5. The quantitative estimate of drug-likeness (QED) is 0.559. The number of hydrogen-bond donors (Lipinski definition) is 2. The molecule has 26 heavy (non-hydrogen) atoms. The summed E-state index contributed by atoms with van der Waals surface area (Å²) >= 11 is 11.9. The monoisotopic (exact) mass is 393 g/mol. The molecule has 2 rings (SSSR count). The van der Waals surface area contributed by atoms with E-state index in [1.165, 1.54) is 6.21 Å². The molecule has 0 heterocycles. The molecular formula is C18H17Cl2N3O3. The van der Waals surface area contributed by atoms with Crippen molar-refractivity contribution in [3.8, 4) is 5.75 Å². The number of halogens is 2. The van der Waals surface area contributed by atoms with Crippen molar-refractivity contribution in [2.24, 2.45) is 5.10 Å². The topological polar surface area (TPSA) is 79.8 Å². The average Bonchev–Trinajstić information content (AvgIpc) is 2.65. The van der Waals surface area contributed by atoms with Crippen molar-refractivity contribution >= 4 is 41.2 Å². The van der Waals surface area contributed by atoms with Crippen LogP contribution in [0.15, 0.2) is 47.6 Å². The van der Waals surface area contributed by atoms with Crippen LogP contribution in [-0.4, -0.2) is 31.7 Å². The first-order valence-corrected chi connectivity index (χ1v) is 8.45. The van der Waals surface area contributed by atoms with Crippen molar-refractivity contribution in [3.05, 3.63) is 63.6 Å². The van der Waals surface area contributed by atoms with Crippen LogP contribution in [0.2, 0.25) is 10.0 Å². The van der Waals surface area contributed by atoms with E-state index in [0.29, 0.717) is 26.9 Å². The van der Waals surface area contributed by atoms with Gasteiger partial charge in [0.05, 0.1) is 23.4 Å². The molecule has 0 bridgehead atoms. The lowest BCUT2D eigenvalue weighted by molar-refractivity contribution is -0.120. The Kier molecular flexibility index (Phi) is 7.44. The number of hydrogen-bond acceptors (Lipinski definition) is 4. The van der Waals surface area contributed by atoms with E-state index >= 15 is 0 Å². The van der Waals surface area contributed by atoms with Gasteiger partial charge in [0.2, 0.25) is 5.91 Å². The van der Waals surface area contributed by atoms with Gasteiger partial charge in [0.1, 0.15) is 5.75 Å². The van der Waals surface area contributed by atoms with Crippen LogP contribution in [0.5, 0.6) is 5.75 Å². The SMILES string of the molecule is COc1ccc(C(=O)NCCC(=O)NN=Cc2cccc(Cl)c2Cl)cc1. The predicted molar refractivity (Wildman–Crippen MR) is 102 cm³/mol. The molecule has 0 fully saturated rings. The first-order chi connectivity index (χ1) is 12.5. The first-order valence-electron chi connectivity index (χ1n) is 7.69. The highest BCUT2D eigenvalue weighted by Crippen LogP contribution is 2.24. The van der Waals surface area contributed by atoms with Crippen molar-refractivity contribution in [1.29, 1.82) is 0 Å². The molecule has 0 aliphatic rings. The lowest BCUT2D eigenvalue weighted by atomic mass is 10.2. The molecule has 8 heteroatoms. The Morgan fingerprint density at radius 3 is 2.58 bits per heavy atom. The van der Waals surface area contributed by atoms with E-state index < -0.39 is 0 Å². The molecule has 2 aromatic rings. The van der Waals surface area contributed by atoms with Crippen LogP contribution in [0, 0.1) is 0 Å².